The number of benzene rings is 1. The van der Waals surface area contributed by atoms with Gasteiger partial charge in [-0.2, -0.15) is 4.31 Å². The minimum Gasteiger partial charge on any atom is -0.258 e. The molecule has 1 aromatic rings. The molecular weight excluding hydrogens is 360 g/mol. The lowest BCUT2D eigenvalue weighted by atomic mass is 9.96. The van der Waals surface area contributed by atoms with Gasteiger partial charge in [0.05, 0.1) is 4.92 Å². The second-order valence-corrected chi connectivity index (χ2v) is 7.95. The largest absolute Gasteiger partial charge is 0.289 e. The van der Waals surface area contributed by atoms with Gasteiger partial charge in [-0.05, 0) is 30.9 Å². The maximum absolute atomic E-state index is 12.7. The third-order valence-electron chi connectivity index (χ3n) is 3.89. The van der Waals surface area contributed by atoms with Crippen LogP contribution in [0.2, 0.25) is 0 Å². The van der Waals surface area contributed by atoms with Crippen molar-refractivity contribution < 1.29 is 13.3 Å². The molecule has 1 aliphatic rings. The molecule has 0 amide bonds. The van der Waals surface area contributed by atoms with Crippen molar-refractivity contribution in [3.63, 3.8) is 0 Å². The summed E-state index contributed by atoms with van der Waals surface area (Å²) < 4.78 is 27.2. The Hall–Kier alpha value is -0.990. The van der Waals surface area contributed by atoms with E-state index < -0.39 is 14.9 Å². The van der Waals surface area contributed by atoms with Crippen LogP contribution < -0.4 is 0 Å². The van der Waals surface area contributed by atoms with Gasteiger partial charge in [0.25, 0.3) is 5.69 Å². The summed E-state index contributed by atoms with van der Waals surface area (Å²) in [5, 5.41) is 11.1. The summed E-state index contributed by atoms with van der Waals surface area (Å²) in [6.07, 6.45) is 2.64. The van der Waals surface area contributed by atoms with Crippen LogP contribution in [-0.4, -0.2) is 30.7 Å². The molecule has 2 rings (SSSR count). The fraction of sp³-hybridized carbons (Fsp3) is 0.538. The van der Waals surface area contributed by atoms with Crippen LogP contribution in [0.1, 0.15) is 26.2 Å². The van der Waals surface area contributed by atoms with Crippen molar-refractivity contribution in [2.75, 3.05) is 13.1 Å². The molecule has 0 unspecified atom stereocenters. The quantitative estimate of drug-likeness (QED) is 0.596. The highest BCUT2D eigenvalue weighted by atomic mass is 79.9. The summed E-state index contributed by atoms with van der Waals surface area (Å²) in [7, 11) is -3.83. The highest BCUT2D eigenvalue weighted by molar-refractivity contribution is 9.10. The number of halogens is 1. The lowest BCUT2D eigenvalue weighted by molar-refractivity contribution is -0.387. The molecule has 8 heteroatoms. The maximum atomic E-state index is 12.7. The number of hydrogen-bond donors (Lipinski definition) is 0. The van der Waals surface area contributed by atoms with Gasteiger partial charge in [0, 0.05) is 23.6 Å². The Balaban J connectivity index is 2.36. The molecule has 21 heavy (non-hydrogen) atoms. The molecule has 1 heterocycles. The molecule has 116 valence electrons. The summed E-state index contributed by atoms with van der Waals surface area (Å²) >= 11 is 3.18. The standard InChI is InChI=1S/C13H17BrN2O4S/c1-2-10-5-7-15(8-6-10)21(19,20)13-9-11(14)3-4-12(13)16(17)18/h3-4,9-10H,2,5-8H2,1H3. The van der Waals surface area contributed by atoms with Crippen molar-refractivity contribution in [1.29, 1.82) is 0 Å². The minimum absolute atomic E-state index is 0.239. The summed E-state index contributed by atoms with van der Waals surface area (Å²) in [4.78, 5) is 10.2. The molecule has 0 N–H and O–H groups in total. The third kappa shape index (κ3) is 3.44. The predicted molar refractivity (Wildman–Crippen MR) is 82.6 cm³/mol. The van der Waals surface area contributed by atoms with Crippen molar-refractivity contribution in [2.45, 2.75) is 31.1 Å². The lowest BCUT2D eigenvalue weighted by Gasteiger charge is -2.30. The van der Waals surface area contributed by atoms with Crippen LogP contribution in [0.15, 0.2) is 27.6 Å². The minimum atomic E-state index is -3.83. The zero-order valence-electron chi connectivity index (χ0n) is 11.7. The molecule has 0 bridgehead atoms. The molecule has 1 fully saturated rings. The lowest BCUT2D eigenvalue weighted by Crippen LogP contribution is -2.38. The monoisotopic (exact) mass is 376 g/mol. The van der Waals surface area contributed by atoms with Gasteiger partial charge in [-0.25, -0.2) is 8.42 Å². The number of sulfonamides is 1. The van der Waals surface area contributed by atoms with Gasteiger partial charge in [-0.15, -0.1) is 0 Å². The fourth-order valence-electron chi connectivity index (χ4n) is 2.54. The number of nitro benzene ring substituents is 1. The first-order valence-electron chi connectivity index (χ1n) is 6.80. The summed E-state index contributed by atoms with van der Waals surface area (Å²) in [6.45, 7) is 2.93. The molecule has 0 spiro atoms. The van der Waals surface area contributed by atoms with Gasteiger partial charge in [0.2, 0.25) is 10.0 Å². The third-order valence-corrected chi connectivity index (χ3v) is 6.31. The number of nitro groups is 1. The molecule has 1 aromatic carbocycles. The zero-order valence-corrected chi connectivity index (χ0v) is 14.1. The number of nitrogens with zero attached hydrogens (tertiary/aromatic N) is 2. The molecule has 6 nitrogen and oxygen atoms in total. The van der Waals surface area contributed by atoms with E-state index in [9.17, 15) is 18.5 Å². The van der Waals surface area contributed by atoms with Crippen LogP contribution in [0.4, 0.5) is 5.69 Å². The van der Waals surface area contributed by atoms with Crippen molar-refractivity contribution in [2.24, 2.45) is 5.92 Å². The van der Waals surface area contributed by atoms with Crippen LogP contribution in [-0.2, 0) is 10.0 Å². The van der Waals surface area contributed by atoms with Gasteiger partial charge in [-0.3, -0.25) is 10.1 Å². The van der Waals surface area contributed by atoms with Crippen molar-refractivity contribution in [3.8, 4) is 0 Å². The Morgan fingerprint density at radius 3 is 2.52 bits per heavy atom. The van der Waals surface area contributed by atoms with Crippen molar-refractivity contribution in [1.82, 2.24) is 4.31 Å². The first-order chi connectivity index (χ1) is 9.86. The van der Waals surface area contributed by atoms with E-state index in [0.717, 1.165) is 19.3 Å². The Morgan fingerprint density at radius 2 is 2.00 bits per heavy atom. The Kier molecular flexibility index (Phi) is 5.00. The van der Waals surface area contributed by atoms with E-state index in [1.165, 1.54) is 22.5 Å². The first kappa shape index (κ1) is 16.4. The van der Waals surface area contributed by atoms with Crippen LogP contribution in [0, 0.1) is 16.0 Å². The second-order valence-electron chi connectivity index (χ2n) is 5.12. The van der Waals surface area contributed by atoms with E-state index in [1.807, 2.05) is 0 Å². The average Bonchev–Trinajstić information content (AvgIpc) is 2.47. The predicted octanol–water partition coefficient (Wildman–Crippen LogP) is 3.17. The first-order valence-corrected chi connectivity index (χ1v) is 9.03. The smallest absolute Gasteiger partial charge is 0.258 e. The molecule has 0 atom stereocenters. The van der Waals surface area contributed by atoms with Crippen LogP contribution in [0.5, 0.6) is 0 Å². The topological polar surface area (TPSA) is 80.5 Å². The second kappa shape index (κ2) is 6.41. The van der Waals surface area contributed by atoms with Crippen molar-refractivity contribution in [3.05, 3.63) is 32.8 Å². The Labute approximate surface area is 132 Å². The molecule has 1 saturated heterocycles. The normalized spacial score (nSPS) is 17.8. The fourth-order valence-corrected chi connectivity index (χ4v) is 4.71. The van der Waals surface area contributed by atoms with Gasteiger partial charge in [-0.1, -0.05) is 29.3 Å². The molecule has 1 aliphatic heterocycles. The van der Waals surface area contributed by atoms with Gasteiger partial charge >= 0.3 is 0 Å². The molecule has 0 aromatic heterocycles. The average molecular weight is 377 g/mol. The van der Waals surface area contributed by atoms with Gasteiger partial charge in [0.1, 0.15) is 0 Å². The van der Waals surface area contributed by atoms with E-state index in [1.54, 1.807) is 0 Å². The van der Waals surface area contributed by atoms with Gasteiger partial charge in [0.15, 0.2) is 4.90 Å². The van der Waals surface area contributed by atoms with E-state index >= 15 is 0 Å². The van der Waals surface area contributed by atoms with E-state index in [-0.39, 0.29) is 10.6 Å². The molecule has 0 saturated carbocycles. The Bertz CT molecular complexity index is 640. The number of rotatable bonds is 4. The molecule has 0 aliphatic carbocycles. The number of piperidine rings is 1. The Morgan fingerprint density at radius 1 is 1.38 bits per heavy atom. The van der Waals surface area contributed by atoms with Gasteiger partial charge < -0.3 is 0 Å². The van der Waals surface area contributed by atoms with E-state index in [0.29, 0.717) is 23.5 Å². The highest BCUT2D eigenvalue weighted by Crippen LogP contribution is 2.32. The summed E-state index contributed by atoms with van der Waals surface area (Å²) in [6, 6.07) is 4.00. The highest BCUT2D eigenvalue weighted by Gasteiger charge is 2.34. The molecule has 0 radical (unpaired) electrons. The van der Waals surface area contributed by atoms with Crippen LogP contribution >= 0.6 is 15.9 Å². The number of hydrogen-bond acceptors (Lipinski definition) is 4. The molecular formula is C13H17BrN2O4S. The zero-order chi connectivity index (χ0) is 15.6. The SMILES string of the molecule is CCC1CCN(S(=O)(=O)c2cc(Br)ccc2[N+](=O)[O-])CC1. The summed E-state index contributed by atoms with van der Waals surface area (Å²) in [5.74, 6) is 0.536. The van der Waals surface area contributed by atoms with E-state index in [4.69, 9.17) is 0 Å². The summed E-state index contributed by atoms with van der Waals surface area (Å²) in [5.41, 5.74) is -0.379. The van der Waals surface area contributed by atoms with Crippen LogP contribution in [0.25, 0.3) is 0 Å². The van der Waals surface area contributed by atoms with Crippen molar-refractivity contribution >= 4 is 31.6 Å². The van der Waals surface area contributed by atoms with E-state index in [2.05, 4.69) is 22.9 Å². The van der Waals surface area contributed by atoms with Crippen LogP contribution in [0.3, 0.4) is 0 Å². The maximum Gasteiger partial charge on any atom is 0.289 e.